The molecule has 4 rings (SSSR count). The second-order valence-electron chi connectivity index (χ2n) is 8.31. The number of nitrogens with one attached hydrogen (secondary N) is 2. The number of carbonyl (C=O) groups is 2. The van der Waals surface area contributed by atoms with Crippen molar-refractivity contribution >= 4 is 44.8 Å². The molecule has 2 N–H and O–H groups in total. The van der Waals surface area contributed by atoms with Gasteiger partial charge in [0.05, 0.1) is 21.3 Å². The van der Waals surface area contributed by atoms with E-state index in [9.17, 15) is 18.0 Å². The molecule has 1 saturated heterocycles. The van der Waals surface area contributed by atoms with Gasteiger partial charge < -0.3 is 15.4 Å². The molecule has 2 aromatic rings. The Bertz CT molecular complexity index is 1190. The fraction of sp³-hybridized carbons (Fsp3) is 0.391. The summed E-state index contributed by atoms with van der Waals surface area (Å²) in [5, 5.41) is 6.03. The molecule has 2 heterocycles. The standard InChI is InChI=1S/C23H26ClN3O5S/c1-3-20-23(29)26-19-13-16(5-7-21(19)32-20)33(30,31)27-10-8-15(9-11-27)22(28)25-18-6-4-14(2)12-17(18)24/h4-7,12-13,15,20H,3,8-11H2,1-2H3,(H,25,28)(H,26,29)/t20-/m0/s1. The van der Waals surface area contributed by atoms with Crippen molar-refractivity contribution in [3.8, 4) is 5.75 Å². The predicted molar refractivity (Wildman–Crippen MR) is 126 cm³/mol. The lowest BCUT2D eigenvalue weighted by Crippen LogP contribution is -2.41. The van der Waals surface area contributed by atoms with E-state index in [4.69, 9.17) is 16.3 Å². The summed E-state index contributed by atoms with van der Waals surface area (Å²) < 4.78 is 33.4. The summed E-state index contributed by atoms with van der Waals surface area (Å²) in [6, 6.07) is 9.88. The van der Waals surface area contributed by atoms with Gasteiger partial charge in [-0.25, -0.2) is 8.42 Å². The van der Waals surface area contributed by atoms with E-state index in [1.54, 1.807) is 18.2 Å². The maximum atomic E-state index is 13.2. The number of sulfonamides is 1. The fourth-order valence-electron chi connectivity index (χ4n) is 4.02. The Hall–Kier alpha value is -2.62. The molecule has 10 heteroatoms. The molecule has 0 bridgehead atoms. The van der Waals surface area contributed by atoms with Gasteiger partial charge in [-0.05, 0) is 62.1 Å². The Morgan fingerprint density at radius 3 is 2.61 bits per heavy atom. The molecular weight excluding hydrogens is 466 g/mol. The van der Waals surface area contributed by atoms with Crippen LogP contribution >= 0.6 is 11.6 Å². The maximum Gasteiger partial charge on any atom is 0.265 e. The summed E-state index contributed by atoms with van der Waals surface area (Å²) in [6.45, 7) is 4.20. The first-order valence-corrected chi connectivity index (χ1v) is 12.7. The SMILES string of the molecule is CC[C@@H]1Oc2ccc(S(=O)(=O)N3CCC(C(=O)Nc4ccc(C)cc4Cl)CC3)cc2NC1=O. The zero-order chi connectivity index (χ0) is 23.8. The van der Waals surface area contributed by atoms with Crippen molar-refractivity contribution in [1.82, 2.24) is 4.31 Å². The second kappa shape index (κ2) is 9.32. The van der Waals surface area contributed by atoms with E-state index in [1.165, 1.54) is 16.4 Å². The van der Waals surface area contributed by atoms with Crippen molar-refractivity contribution in [3.05, 3.63) is 47.0 Å². The van der Waals surface area contributed by atoms with Gasteiger partial charge in [0.25, 0.3) is 5.91 Å². The molecular formula is C23H26ClN3O5S. The number of amides is 2. The fourth-order valence-corrected chi connectivity index (χ4v) is 5.80. The van der Waals surface area contributed by atoms with Gasteiger partial charge in [0.15, 0.2) is 6.10 Å². The van der Waals surface area contributed by atoms with E-state index in [0.717, 1.165) is 5.56 Å². The van der Waals surface area contributed by atoms with Gasteiger partial charge in [-0.15, -0.1) is 0 Å². The van der Waals surface area contributed by atoms with Crippen LogP contribution in [0, 0.1) is 12.8 Å². The topological polar surface area (TPSA) is 105 Å². The number of hydrogen-bond acceptors (Lipinski definition) is 5. The van der Waals surface area contributed by atoms with Gasteiger partial charge in [0.2, 0.25) is 15.9 Å². The summed E-state index contributed by atoms with van der Waals surface area (Å²) >= 11 is 6.20. The maximum absolute atomic E-state index is 13.2. The highest BCUT2D eigenvalue weighted by molar-refractivity contribution is 7.89. The molecule has 176 valence electrons. The molecule has 2 amide bonds. The van der Waals surface area contributed by atoms with E-state index in [0.29, 0.717) is 41.4 Å². The summed E-state index contributed by atoms with van der Waals surface area (Å²) in [4.78, 5) is 24.8. The number of hydrogen-bond donors (Lipinski definition) is 2. The molecule has 1 atom stereocenters. The lowest BCUT2D eigenvalue weighted by atomic mass is 9.97. The number of aryl methyl sites for hydroxylation is 1. The van der Waals surface area contributed by atoms with Crippen molar-refractivity contribution < 1.29 is 22.7 Å². The first kappa shape index (κ1) is 23.5. The largest absolute Gasteiger partial charge is 0.478 e. The van der Waals surface area contributed by atoms with Crippen LogP contribution in [-0.4, -0.2) is 43.7 Å². The lowest BCUT2D eigenvalue weighted by molar-refractivity contribution is -0.123. The van der Waals surface area contributed by atoms with Crippen LogP contribution in [-0.2, 0) is 19.6 Å². The predicted octanol–water partition coefficient (Wildman–Crippen LogP) is 3.80. The highest BCUT2D eigenvalue weighted by atomic mass is 35.5. The smallest absolute Gasteiger partial charge is 0.265 e. The molecule has 0 unspecified atom stereocenters. The molecule has 0 aromatic heterocycles. The molecule has 33 heavy (non-hydrogen) atoms. The van der Waals surface area contributed by atoms with Crippen LogP contribution < -0.4 is 15.4 Å². The number of benzene rings is 2. The highest BCUT2D eigenvalue weighted by Crippen LogP contribution is 2.34. The minimum atomic E-state index is -3.78. The summed E-state index contributed by atoms with van der Waals surface area (Å²) in [5.74, 6) is -0.321. The molecule has 0 radical (unpaired) electrons. The minimum Gasteiger partial charge on any atom is -0.478 e. The Kier molecular flexibility index (Phi) is 6.65. The Morgan fingerprint density at radius 1 is 1.21 bits per heavy atom. The minimum absolute atomic E-state index is 0.0782. The number of ether oxygens (including phenoxy) is 1. The van der Waals surface area contributed by atoms with Crippen molar-refractivity contribution in [2.24, 2.45) is 5.92 Å². The molecule has 0 spiro atoms. The molecule has 2 aromatic carbocycles. The number of rotatable bonds is 5. The average Bonchev–Trinajstić information content (AvgIpc) is 2.80. The van der Waals surface area contributed by atoms with Crippen LogP contribution in [0.1, 0.15) is 31.7 Å². The second-order valence-corrected chi connectivity index (χ2v) is 10.7. The summed E-state index contributed by atoms with van der Waals surface area (Å²) in [5.41, 5.74) is 1.89. The van der Waals surface area contributed by atoms with Crippen LogP contribution in [0.25, 0.3) is 0 Å². The van der Waals surface area contributed by atoms with Crippen LogP contribution in [0.2, 0.25) is 5.02 Å². The van der Waals surface area contributed by atoms with Gasteiger partial charge in [-0.1, -0.05) is 24.6 Å². The third-order valence-electron chi connectivity index (χ3n) is 5.99. The molecule has 8 nitrogen and oxygen atoms in total. The van der Waals surface area contributed by atoms with Crippen molar-refractivity contribution in [1.29, 1.82) is 0 Å². The van der Waals surface area contributed by atoms with Crippen LogP contribution in [0.4, 0.5) is 11.4 Å². The molecule has 0 aliphatic carbocycles. The van der Waals surface area contributed by atoms with E-state index in [-0.39, 0.29) is 35.7 Å². The number of anilines is 2. The van der Waals surface area contributed by atoms with Crippen LogP contribution in [0.5, 0.6) is 5.75 Å². The van der Waals surface area contributed by atoms with Crippen molar-refractivity contribution in [2.45, 2.75) is 44.1 Å². The Labute approximate surface area is 198 Å². The normalized spacial score (nSPS) is 19.4. The van der Waals surface area contributed by atoms with Gasteiger partial charge in [-0.2, -0.15) is 4.31 Å². The van der Waals surface area contributed by atoms with Crippen LogP contribution in [0.3, 0.4) is 0 Å². The average molecular weight is 492 g/mol. The highest BCUT2D eigenvalue weighted by Gasteiger charge is 2.34. The van der Waals surface area contributed by atoms with E-state index < -0.39 is 16.1 Å². The summed E-state index contributed by atoms with van der Waals surface area (Å²) in [6.07, 6.45) is 0.735. The third-order valence-corrected chi connectivity index (χ3v) is 8.19. The zero-order valence-corrected chi connectivity index (χ0v) is 20.0. The number of fused-ring (bicyclic) bond motifs is 1. The van der Waals surface area contributed by atoms with Crippen molar-refractivity contribution in [2.75, 3.05) is 23.7 Å². The van der Waals surface area contributed by atoms with Crippen molar-refractivity contribution in [3.63, 3.8) is 0 Å². The molecule has 2 aliphatic rings. The third kappa shape index (κ3) is 4.85. The first-order valence-electron chi connectivity index (χ1n) is 10.9. The number of carbonyl (C=O) groups excluding carboxylic acids is 2. The first-order chi connectivity index (χ1) is 15.7. The van der Waals surface area contributed by atoms with Gasteiger partial charge in [0, 0.05) is 19.0 Å². The van der Waals surface area contributed by atoms with Gasteiger partial charge in [-0.3, -0.25) is 9.59 Å². The number of halogens is 1. The van der Waals surface area contributed by atoms with E-state index >= 15 is 0 Å². The lowest BCUT2D eigenvalue weighted by Gasteiger charge is -2.31. The zero-order valence-electron chi connectivity index (χ0n) is 18.4. The van der Waals surface area contributed by atoms with Crippen LogP contribution in [0.15, 0.2) is 41.3 Å². The molecule has 0 saturated carbocycles. The number of nitrogens with zero attached hydrogens (tertiary/aromatic N) is 1. The van der Waals surface area contributed by atoms with Gasteiger partial charge in [0.1, 0.15) is 5.75 Å². The summed E-state index contributed by atoms with van der Waals surface area (Å²) in [7, 11) is -3.78. The quantitative estimate of drug-likeness (QED) is 0.662. The van der Waals surface area contributed by atoms with Gasteiger partial charge >= 0.3 is 0 Å². The molecule has 2 aliphatic heterocycles. The number of piperidine rings is 1. The van der Waals surface area contributed by atoms with E-state index in [1.807, 2.05) is 19.9 Å². The Morgan fingerprint density at radius 2 is 1.94 bits per heavy atom. The van der Waals surface area contributed by atoms with E-state index in [2.05, 4.69) is 10.6 Å². The molecule has 1 fully saturated rings. The monoisotopic (exact) mass is 491 g/mol. The Balaban J connectivity index is 1.41.